The van der Waals surface area contributed by atoms with Crippen molar-refractivity contribution in [2.45, 2.75) is 20.8 Å². The zero-order valence-electron chi connectivity index (χ0n) is 13.8. The molecule has 0 atom stereocenters. The summed E-state index contributed by atoms with van der Waals surface area (Å²) < 4.78 is 1.73. The number of rotatable bonds is 4. The second kappa shape index (κ2) is 6.41. The number of hydrogen-bond donors (Lipinski definition) is 1. The third-order valence-electron chi connectivity index (χ3n) is 3.73. The summed E-state index contributed by atoms with van der Waals surface area (Å²) in [5.41, 5.74) is 4.07. The fourth-order valence-corrected chi connectivity index (χ4v) is 3.52. The van der Waals surface area contributed by atoms with Crippen LogP contribution in [0.25, 0.3) is 10.4 Å². The average molecular weight is 338 g/mol. The van der Waals surface area contributed by atoms with Crippen molar-refractivity contribution in [2.75, 3.05) is 5.32 Å². The fourth-order valence-electron chi connectivity index (χ4n) is 2.39. The molecule has 0 fully saturated rings. The minimum absolute atomic E-state index is 0.186. The van der Waals surface area contributed by atoms with Crippen LogP contribution in [0.15, 0.2) is 43.4 Å². The van der Waals surface area contributed by atoms with Gasteiger partial charge in [-0.1, -0.05) is 18.7 Å². The lowest BCUT2D eigenvalue weighted by Crippen LogP contribution is -2.12. The van der Waals surface area contributed by atoms with E-state index < -0.39 is 0 Å². The first kappa shape index (κ1) is 16.1. The van der Waals surface area contributed by atoms with Gasteiger partial charge in [-0.25, -0.2) is 4.52 Å². The standard InChI is InChI=1S/C18H18N4OS/c1-5-13(6-2)16-10-22-18(24-16)14(9-20-22)17(23)21-15-7-11(3)8-19-12(15)4/h5-10H,1H2,2-4H3,(H,21,23)/b13-6+. The van der Waals surface area contributed by atoms with Gasteiger partial charge >= 0.3 is 0 Å². The van der Waals surface area contributed by atoms with E-state index in [9.17, 15) is 4.79 Å². The molecule has 3 rings (SSSR count). The number of amides is 1. The van der Waals surface area contributed by atoms with Gasteiger partial charge in [-0.3, -0.25) is 9.78 Å². The molecule has 24 heavy (non-hydrogen) atoms. The van der Waals surface area contributed by atoms with Crippen LogP contribution < -0.4 is 5.32 Å². The first-order chi connectivity index (χ1) is 11.5. The number of thiazole rings is 1. The third-order valence-corrected chi connectivity index (χ3v) is 4.89. The van der Waals surface area contributed by atoms with Gasteiger partial charge in [-0.05, 0) is 38.0 Å². The molecule has 5 nitrogen and oxygen atoms in total. The van der Waals surface area contributed by atoms with Crippen molar-refractivity contribution in [3.05, 3.63) is 65.1 Å². The number of aromatic nitrogens is 3. The number of anilines is 1. The Labute approximate surface area is 144 Å². The molecule has 3 heterocycles. The average Bonchev–Trinajstić information content (AvgIpc) is 3.12. The van der Waals surface area contributed by atoms with Crippen molar-refractivity contribution in [3.8, 4) is 0 Å². The Balaban J connectivity index is 1.95. The van der Waals surface area contributed by atoms with E-state index in [0.717, 1.165) is 32.2 Å². The summed E-state index contributed by atoms with van der Waals surface area (Å²) >= 11 is 1.52. The number of nitrogens with one attached hydrogen (secondary N) is 1. The molecule has 0 bridgehead atoms. The highest BCUT2D eigenvalue weighted by atomic mass is 32.1. The molecule has 122 valence electrons. The number of aryl methyl sites for hydroxylation is 2. The van der Waals surface area contributed by atoms with Gasteiger partial charge in [0.05, 0.1) is 28.0 Å². The van der Waals surface area contributed by atoms with E-state index in [4.69, 9.17) is 0 Å². The van der Waals surface area contributed by atoms with Crippen molar-refractivity contribution in [2.24, 2.45) is 0 Å². The monoisotopic (exact) mass is 338 g/mol. The molecule has 0 aromatic carbocycles. The van der Waals surface area contributed by atoms with Crippen LogP contribution in [-0.2, 0) is 0 Å². The third kappa shape index (κ3) is 2.88. The summed E-state index contributed by atoms with van der Waals surface area (Å²) in [4.78, 5) is 18.8. The van der Waals surface area contributed by atoms with Gasteiger partial charge in [-0.15, -0.1) is 11.3 Å². The smallest absolute Gasteiger partial charge is 0.260 e. The Bertz CT molecular complexity index is 965. The normalized spacial score (nSPS) is 11.7. The highest BCUT2D eigenvalue weighted by Crippen LogP contribution is 2.28. The lowest BCUT2D eigenvalue weighted by Gasteiger charge is -2.07. The summed E-state index contributed by atoms with van der Waals surface area (Å²) in [5.74, 6) is -0.186. The number of nitrogens with zero attached hydrogens (tertiary/aromatic N) is 3. The van der Waals surface area contributed by atoms with E-state index in [1.807, 2.05) is 39.1 Å². The van der Waals surface area contributed by atoms with Crippen LogP contribution in [0.3, 0.4) is 0 Å². The second-order valence-electron chi connectivity index (χ2n) is 5.45. The molecule has 3 aromatic rings. The van der Waals surface area contributed by atoms with Gasteiger partial charge in [0.2, 0.25) is 0 Å². The van der Waals surface area contributed by atoms with Crippen molar-refractivity contribution >= 4 is 33.3 Å². The Hall–Kier alpha value is -2.73. The molecule has 0 spiro atoms. The van der Waals surface area contributed by atoms with Crippen LogP contribution in [-0.4, -0.2) is 20.5 Å². The molecule has 1 amide bonds. The topological polar surface area (TPSA) is 59.3 Å². The molecule has 0 unspecified atom stereocenters. The molecule has 3 aromatic heterocycles. The second-order valence-corrected chi connectivity index (χ2v) is 6.48. The van der Waals surface area contributed by atoms with Crippen LogP contribution >= 0.6 is 11.3 Å². The number of hydrogen-bond acceptors (Lipinski definition) is 4. The van der Waals surface area contributed by atoms with Crippen LogP contribution in [0.2, 0.25) is 0 Å². The SMILES string of the molecule is C=C/C(=C\C)c1cn2ncc(C(=O)Nc3cc(C)cnc3C)c2s1. The van der Waals surface area contributed by atoms with E-state index in [-0.39, 0.29) is 5.91 Å². The zero-order valence-corrected chi connectivity index (χ0v) is 14.6. The van der Waals surface area contributed by atoms with Crippen molar-refractivity contribution < 1.29 is 4.79 Å². The minimum Gasteiger partial charge on any atom is -0.320 e. The van der Waals surface area contributed by atoms with Crippen LogP contribution in [0.5, 0.6) is 0 Å². The maximum atomic E-state index is 12.7. The van der Waals surface area contributed by atoms with Gasteiger partial charge in [0.1, 0.15) is 4.83 Å². The molecular weight excluding hydrogens is 320 g/mol. The number of pyridine rings is 1. The minimum atomic E-state index is -0.186. The van der Waals surface area contributed by atoms with Crippen LogP contribution in [0.4, 0.5) is 5.69 Å². The van der Waals surface area contributed by atoms with Crippen LogP contribution in [0.1, 0.15) is 33.4 Å². The van der Waals surface area contributed by atoms with Gasteiger partial charge in [0.15, 0.2) is 0 Å². The van der Waals surface area contributed by atoms with E-state index in [1.54, 1.807) is 23.0 Å². The summed E-state index contributed by atoms with van der Waals surface area (Å²) in [6.45, 7) is 9.59. The maximum Gasteiger partial charge on any atom is 0.260 e. The van der Waals surface area contributed by atoms with E-state index in [0.29, 0.717) is 5.56 Å². The van der Waals surface area contributed by atoms with Gasteiger partial charge in [-0.2, -0.15) is 5.10 Å². The molecule has 6 heteroatoms. The molecule has 0 aliphatic heterocycles. The molecular formula is C18H18N4OS. The largest absolute Gasteiger partial charge is 0.320 e. The first-order valence-corrected chi connectivity index (χ1v) is 8.36. The van der Waals surface area contributed by atoms with E-state index in [1.165, 1.54) is 11.3 Å². The summed E-state index contributed by atoms with van der Waals surface area (Å²) in [6.07, 6.45) is 9.06. The Morgan fingerprint density at radius 3 is 2.88 bits per heavy atom. The lowest BCUT2D eigenvalue weighted by atomic mass is 10.2. The highest BCUT2D eigenvalue weighted by Gasteiger charge is 2.17. The van der Waals surface area contributed by atoms with E-state index in [2.05, 4.69) is 22.0 Å². The predicted octanol–water partition coefficient (Wildman–Crippen LogP) is 4.25. The number of carbonyl (C=O) groups excluding carboxylic acids is 1. The first-order valence-electron chi connectivity index (χ1n) is 7.54. The van der Waals surface area contributed by atoms with E-state index >= 15 is 0 Å². The molecule has 0 radical (unpaired) electrons. The zero-order chi connectivity index (χ0) is 17.3. The summed E-state index contributed by atoms with van der Waals surface area (Å²) in [5, 5.41) is 7.21. The highest BCUT2D eigenvalue weighted by molar-refractivity contribution is 7.18. The maximum absolute atomic E-state index is 12.7. The molecule has 0 saturated carbocycles. The molecule has 1 N–H and O–H groups in total. The lowest BCUT2D eigenvalue weighted by molar-refractivity contribution is 0.102. The number of fused-ring (bicyclic) bond motifs is 1. The molecule has 0 aliphatic carbocycles. The van der Waals surface area contributed by atoms with Crippen molar-refractivity contribution in [1.29, 1.82) is 0 Å². The Kier molecular flexibility index (Phi) is 4.31. The fraction of sp³-hybridized carbons (Fsp3) is 0.167. The van der Waals surface area contributed by atoms with Crippen LogP contribution in [0, 0.1) is 13.8 Å². The van der Waals surface area contributed by atoms with Crippen molar-refractivity contribution in [3.63, 3.8) is 0 Å². The summed E-state index contributed by atoms with van der Waals surface area (Å²) in [7, 11) is 0. The van der Waals surface area contributed by atoms with Crippen molar-refractivity contribution in [1.82, 2.24) is 14.6 Å². The Morgan fingerprint density at radius 2 is 2.17 bits per heavy atom. The Morgan fingerprint density at radius 1 is 1.38 bits per heavy atom. The molecule has 0 saturated heterocycles. The predicted molar refractivity (Wildman–Crippen MR) is 98.6 cm³/mol. The molecule has 0 aliphatic rings. The van der Waals surface area contributed by atoms with Gasteiger partial charge in [0, 0.05) is 12.4 Å². The van der Waals surface area contributed by atoms with Gasteiger partial charge in [0.25, 0.3) is 5.91 Å². The summed E-state index contributed by atoms with van der Waals surface area (Å²) in [6, 6.07) is 1.91. The number of carbonyl (C=O) groups is 1. The van der Waals surface area contributed by atoms with Gasteiger partial charge < -0.3 is 5.32 Å². The quantitative estimate of drug-likeness (QED) is 0.724. The number of allylic oxidation sites excluding steroid dienone is 3.